The fraction of sp³-hybridized carbons (Fsp3) is 0.600. The zero-order valence-corrected chi connectivity index (χ0v) is 10.5. The molecule has 0 radical (unpaired) electrons. The van der Waals surface area contributed by atoms with Gasteiger partial charge in [-0.2, -0.15) is 0 Å². The lowest BCUT2D eigenvalue weighted by Crippen LogP contribution is -2.42. The topological polar surface area (TPSA) is 95.4 Å². The van der Waals surface area contributed by atoms with Gasteiger partial charge in [-0.25, -0.2) is 4.79 Å². The molecule has 2 amide bonds. The summed E-state index contributed by atoms with van der Waals surface area (Å²) in [7, 11) is 0. The number of rotatable bonds is 3. The first-order valence-corrected chi connectivity index (χ1v) is 6.57. The zero-order chi connectivity index (χ0) is 13.0. The molecule has 1 saturated heterocycles. The summed E-state index contributed by atoms with van der Waals surface area (Å²) in [6.07, 6.45) is 1.80. The van der Waals surface area contributed by atoms with E-state index in [0.29, 0.717) is 18.2 Å². The number of carboxylic acids is 1. The van der Waals surface area contributed by atoms with Crippen LogP contribution < -0.4 is 5.32 Å². The number of aromatic nitrogens is 2. The molecule has 0 saturated carbocycles. The Hall–Kier alpha value is -1.70. The van der Waals surface area contributed by atoms with Crippen molar-refractivity contribution in [2.24, 2.45) is 5.92 Å². The van der Waals surface area contributed by atoms with E-state index < -0.39 is 5.97 Å². The van der Waals surface area contributed by atoms with Crippen molar-refractivity contribution in [3.05, 3.63) is 5.51 Å². The molecule has 18 heavy (non-hydrogen) atoms. The van der Waals surface area contributed by atoms with E-state index in [1.54, 1.807) is 10.4 Å². The predicted octanol–water partition coefficient (Wildman–Crippen LogP) is 1.26. The van der Waals surface area contributed by atoms with Crippen LogP contribution in [0.25, 0.3) is 0 Å². The Labute approximate surface area is 108 Å². The molecule has 1 aliphatic heterocycles. The molecule has 2 heterocycles. The van der Waals surface area contributed by atoms with Crippen LogP contribution in [-0.4, -0.2) is 45.3 Å². The van der Waals surface area contributed by atoms with Crippen LogP contribution in [0.4, 0.5) is 9.93 Å². The third-order valence-corrected chi connectivity index (χ3v) is 3.45. The number of nitrogens with one attached hydrogen (secondary N) is 1. The van der Waals surface area contributed by atoms with Crippen LogP contribution in [0.1, 0.15) is 19.3 Å². The molecule has 0 spiro atoms. The standard InChI is InChI=1S/C10H14N4O3S/c15-8(16)4-7-2-1-3-14(5-7)10(17)12-9-13-11-6-18-9/h6-7H,1-5H2,(H,15,16)(H,12,13,17). The summed E-state index contributed by atoms with van der Waals surface area (Å²) in [5, 5.41) is 19.2. The van der Waals surface area contributed by atoms with Crippen LogP contribution in [-0.2, 0) is 4.79 Å². The highest BCUT2D eigenvalue weighted by Gasteiger charge is 2.25. The van der Waals surface area contributed by atoms with Gasteiger partial charge in [0.05, 0.1) is 0 Å². The minimum absolute atomic E-state index is 0.0384. The molecule has 98 valence electrons. The van der Waals surface area contributed by atoms with Crippen LogP contribution in [0.3, 0.4) is 0 Å². The number of hydrogen-bond acceptors (Lipinski definition) is 5. The molecule has 7 nitrogen and oxygen atoms in total. The van der Waals surface area contributed by atoms with Gasteiger partial charge in [-0.15, -0.1) is 10.2 Å². The molecular formula is C10H14N4O3S. The first-order chi connectivity index (χ1) is 8.65. The number of piperidine rings is 1. The number of nitrogens with zero attached hydrogens (tertiary/aromatic N) is 3. The molecule has 0 aromatic carbocycles. The average molecular weight is 270 g/mol. The molecule has 1 fully saturated rings. The Morgan fingerprint density at radius 1 is 1.61 bits per heavy atom. The van der Waals surface area contributed by atoms with Crippen LogP contribution in [0.15, 0.2) is 5.51 Å². The second-order valence-corrected chi connectivity index (χ2v) is 5.06. The summed E-state index contributed by atoms with van der Waals surface area (Å²) in [5.74, 6) is -0.775. The fourth-order valence-corrected chi connectivity index (χ4v) is 2.50. The molecule has 1 atom stereocenters. The van der Waals surface area contributed by atoms with Gasteiger partial charge in [0, 0.05) is 19.5 Å². The lowest BCUT2D eigenvalue weighted by Gasteiger charge is -2.31. The number of amides is 2. The third-order valence-electron chi connectivity index (χ3n) is 2.84. The average Bonchev–Trinajstić information content (AvgIpc) is 2.81. The molecule has 0 aliphatic carbocycles. The van der Waals surface area contributed by atoms with Gasteiger partial charge in [-0.1, -0.05) is 11.3 Å². The first-order valence-electron chi connectivity index (χ1n) is 5.69. The largest absolute Gasteiger partial charge is 0.481 e. The van der Waals surface area contributed by atoms with E-state index in [4.69, 9.17) is 5.11 Å². The number of anilines is 1. The Bertz CT molecular complexity index is 423. The number of likely N-dealkylation sites (tertiary alicyclic amines) is 1. The summed E-state index contributed by atoms with van der Waals surface area (Å²) in [5.41, 5.74) is 1.54. The van der Waals surface area contributed by atoms with Crippen molar-refractivity contribution >= 4 is 28.5 Å². The molecule has 1 unspecified atom stereocenters. The molecule has 0 bridgehead atoms. The van der Waals surface area contributed by atoms with Gasteiger partial charge in [-0.3, -0.25) is 10.1 Å². The van der Waals surface area contributed by atoms with Crippen molar-refractivity contribution in [3.8, 4) is 0 Å². The third kappa shape index (κ3) is 3.39. The number of aliphatic carboxylic acids is 1. The van der Waals surface area contributed by atoms with Crippen molar-refractivity contribution in [1.29, 1.82) is 0 Å². The van der Waals surface area contributed by atoms with Gasteiger partial charge < -0.3 is 10.0 Å². The van der Waals surface area contributed by atoms with E-state index in [2.05, 4.69) is 15.5 Å². The lowest BCUT2D eigenvalue weighted by molar-refractivity contribution is -0.138. The highest BCUT2D eigenvalue weighted by atomic mass is 32.1. The van der Waals surface area contributed by atoms with Gasteiger partial charge in [0.15, 0.2) is 0 Å². The van der Waals surface area contributed by atoms with E-state index in [9.17, 15) is 9.59 Å². The van der Waals surface area contributed by atoms with Crippen molar-refractivity contribution in [2.45, 2.75) is 19.3 Å². The summed E-state index contributed by atoms with van der Waals surface area (Å²) >= 11 is 1.25. The summed E-state index contributed by atoms with van der Waals surface area (Å²) in [6.45, 7) is 1.14. The van der Waals surface area contributed by atoms with E-state index >= 15 is 0 Å². The van der Waals surface area contributed by atoms with Gasteiger partial charge in [0.1, 0.15) is 5.51 Å². The maximum Gasteiger partial charge on any atom is 0.323 e. The normalized spacial score (nSPS) is 19.6. The van der Waals surface area contributed by atoms with Crippen molar-refractivity contribution in [2.75, 3.05) is 18.4 Å². The first kappa shape index (κ1) is 12.7. The number of hydrogen-bond donors (Lipinski definition) is 2. The maximum atomic E-state index is 11.9. The lowest BCUT2D eigenvalue weighted by atomic mass is 9.95. The summed E-state index contributed by atoms with van der Waals surface area (Å²) < 4.78 is 0. The predicted molar refractivity (Wildman–Crippen MR) is 65.5 cm³/mol. The Morgan fingerprint density at radius 3 is 3.11 bits per heavy atom. The molecule has 8 heteroatoms. The number of carbonyl (C=O) groups is 2. The van der Waals surface area contributed by atoms with Gasteiger partial charge in [-0.05, 0) is 18.8 Å². The van der Waals surface area contributed by atoms with Gasteiger partial charge >= 0.3 is 12.0 Å². The second kappa shape index (κ2) is 5.76. The smallest absolute Gasteiger partial charge is 0.323 e. The molecule has 2 rings (SSSR count). The summed E-state index contributed by atoms with van der Waals surface area (Å²) in [4.78, 5) is 24.2. The molecule has 1 aromatic rings. The van der Waals surface area contributed by atoms with Gasteiger partial charge in [0.2, 0.25) is 5.13 Å². The van der Waals surface area contributed by atoms with Gasteiger partial charge in [0.25, 0.3) is 0 Å². The van der Waals surface area contributed by atoms with Crippen LogP contribution >= 0.6 is 11.3 Å². The number of carbonyl (C=O) groups excluding carboxylic acids is 1. The van der Waals surface area contributed by atoms with Crippen LogP contribution in [0.2, 0.25) is 0 Å². The molecular weight excluding hydrogens is 256 g/mol. The SMILES string of the molecule is O=C(O)CC1CCCN(C(=O)Nc2nncs2)C1. The number of urea groups is 1. The quantitative estimate of drug-likeness (QED) is 0.862. The minimum Gasteiger partial charge on any atom is -0.481 e. The maximum absolute atomic E-state index is 11.9. The Morgan fingerprint density at radius 2 is 2.44 bits per heavy atom. The van der Waals surface area contributed by atoms with Crippen LogP contribution in [0.5, 0.6) is 0 Å². The highest BCUT2D eigenvalue weighted by molar-refractivity contribution is 7.13. The molecule has 2 N–H and O–H groups in total. The van der Waals surface area contributed by atoms with E-state index in [1.165, 1.54) is 11.3 Å². The zero-order valence-electron chi connectivity index (χ0n) is 9.70. The van der Waals surface area contributed by atoms with Crippen molar-refractivity contribution in [3.63, 3.8) is 0 Å². The van der Waals surface area contributed by atoms with E-state index in [0.717, 1.165) is 12.8 Å². The summed E-state index contributed by atoms with van der Waals surface area (Å²) in [6, 6.07) is -0.234. The van der Waals surface area contributed by atoms with Crippen molar-refractivity contribution in [1.82, 2.24) is 15.1 Å². The monoisotopic (exact) mass is 270 g/mol. The number of carboxylic acid groups (broad SMARTS) is 1. The Balaban J connectivity index is 1.88. The van der Waals surface area contributed by atoms with E-state index in [-0.39, 0.29) is 18.4 Å². The minimum atomic E-state index is -0.814. The highest BCUT2D eigenvalue weighted by Crippen LogP contribution is 2.20. The second-order valence-electron chi connectivity index (χ2n) is 4.23. The molecule has 1 aromatic heterocycles. The van der Waals surface area contributed by atoms with Crippen molar-refractivity contribution < 1.29 is 14.7 Å². The van der Waals surface area contributed by atoms with E-state index in [1.807, 2.05) is 0 Å². The Kier molecular flexibility index (Phi) is 4.08. The molecule has 1 aliphatic rings. The fourth-order valence-electron chi connectivity index (χ4n) is 2.06. The van der Waals surface area contributed by atoms with Crippen LogP contribution in [0, 0.1) is 5.92 Å².